The van der Waals surface area contributed by atoms with Crippen LogP contribution in [0.25, 0.3) is 0 Å². The third-order valence-electron chi connectivity index (χ3n) is 5.38. The molecule has 0 bridgehead atoms. The van der Waals surface area contributed by atoms with Crippen molar-refractivity contribution in [3.8, 4) is 0 Å². The summed E-state index contributed by atoms with van der Waals surface area (Å²) in [6.07, 6.45) is 10.3. The summed E-state index contributed by atoms with van der Waals surface area (Å²) >= 11 is 1.67. The number of hydrogen-bond acceptors (Lipinski definition) is 4. The summed E-state index contributed by atoms with van der Waals surface area (Å²) in [5, 5.41) is 7.47. The molecule has 1 N–H and O–H groups in total. The molecule has 0 spiro atoms. The van der Waals surface area contributed by atoms with Crippen molar-refractivity contribution in [2.75, 3.05) is 13.1 Å². The molecule has 146 valence electrons. The van der Waals surface area contributed by atoms with Crippen molar-refractivity contribution in [2.24, 2.45) is 0 Å². The SMILES string of the molecule is O=C(CC(c1ccsc1)n1cccc1)NC1CCN(Cc2cccnc2)CC1. The van der Waals surface area contributed by atoms with Gasteiger partial charge in [-0.2, -0.15) is 11.3 Å². The molecule has 1 saturated heterocycles. The average molecular weight is 395 g/mol. The van der Waals surface area contributed by atoms with Crippen molar-refractivity contribution in [3.05, 3.63) is 77.0 Å². The van der Waals surface area contributed by atoms with Crippen LogP contribution in [0.3, 0.4) is 0 Å². The van der Waals surface area contributed by atoms with Gasteiger partial charge in [-0.05, 0) is 59.0 Å². The number of nitrogens with one attached hydrogen (secondary N) is 1. The smallest absolute Gasteiger partial charge is 0.222 e. The molecule has 0 saturated carbocycles. The van der Waals surface area contributed by atoms with Gasteiger partial charge < -0.3 is 9.88 Å². The molecule has 0 aromatic carbocycles. The zero-order valence-corrected chi connectivity index (χ0v) is 16.7. The number of likely N-dealkylation sites (tertiary alicyclic amines) is 1. The van der Waals surface area contributed by atoms with Crippen LogP contribution in [0.1, 0.15) is 36.4 Å². The van der Waals surface area contributed by atoms with E-state index >= 15 is 0 Å². The van der Waals surface area contributed by atoms with E-state index in [0.29, 0.717) is 6.42 Å². The Morgan fingerprint density at radius 2 is 2.04 bits per heavy atom. The summed E-state index contributed by atoms with van der Waals surface area (Å²) in [5.41, 5.74) is 2.44. The second kappa shape index (κ2) is 9.17. The van der Waals surface area contributed by atoms with Gasteiger partial charge in [-0.3, -0.25) is 14.7 Å². The Bertz CT molecular complexity index is 806. The first-order chi connectivity index (χ1) is 13.8. The van der Waals surface area contributed by atoms with E-state index in [9.17, 15) is 4.79 Å². The van der Waals surface area contributed by atoms with Crippen LogP contribution in [-0.2, 0) is 11.3 Å². The Hall–Kier alpha value is -2.44. The topological polar surface area (TPSA) is 50.2 Å². The first-order valence-corrected chi connectivity index (χ1v) is 10.8. The third kappa shape index (κ3) is 4.88. The van der Waals surface area contributed by atoms with Crippen molar-refractivity contribution < 1.29 is 4.79 Å². The van der Waals surface area contributed by atoms with Gasteiger partial charge in [-0.15, -0.1) is 0 Å². The van der Waals surface area contributed by atoms with E-state index in [1.54, 1.807) is 11.3 Å². The number of hydrogen-bond donors (Lipinski definition) is 1. The molecular weight excluding hydrogens is 368 g/mol. The molecule has 1 unspecified atom stereocenters. The summed E-state index contributed by atoms with van der Waals surface area (Å²) in [6.45, 7) is 2.94. The van der Waals surface area contributed by atoms with Gasteiger partial charge in [0, 0.05) is 50.5 Å². The molecule has 1 aliphatic heterocycles. The highest BCUT2D eigenvalue weighted by Crippen LogP contribution is 2.25. The molecule has 1 aliphatic rings. The Labute approximate surface area is 170 Å². The first kappa shape index (κ1) is 18.9. The monoisotopic (exact) mass is 394 g/mol. The Balaban J connectivity index is 1.28. The fraction of sp³-hybridized carbons (Fsp3) is 0.364. The van der Waals surface area contributed by atoms with Crippen LogP contribution in [0, 0.1) is 0 Å². The van der Waals surface area contributed by atoms with E-state index in [0.717, 1.165) is 32.5 Å². The lowest BCUT2D eigenvalue weighted by molar-refractivity contribution is -0.122. The number of carbonyl (C=O) groups excluding carboxylic acids is 1. The summed E-state index contributed by atoms with van der Waals surface area (Å²) in [7, 11) is 0. The predicted molar refractivity (Wildman–Crippen MR) is 112 cm³/mol. The van der Waals surface area contributed by atoms with E-state index in [2.05, 4.69) is 42.7 Å². The quantitative estimate of drug-likeness (QED) is 0.665. The lowest BCUT2D eigenvalue weighted by Crippen LogP contribution is -2.44. The van der Waals surface area contributed by atoms with Crippen molar-refractivity contribution in [1.29, 1.82) is 0 Å². The van der Waals surface area contributed by atoms with Crippen molar-refractivity contribution in [3.63, 3.8) is 0 Å². The van der Waals surface area contributed by atoms with Crippen molar-refractivity contribution >= 4 is 17.2 Å². The Morgan fingerprint density at radius 3 is 2.71 bits per heavy atom. The predicted octanol–water partition coefficient (Wildman–Crippen LogP) is 3.70. The molecular formula is C22H26N4OS. The number of pyridine rings is 1. The highest BCUT2D eigenvalue weighted by Gasteiger charge is 2.23. The third-order valence-corrected chi connectivity index (χ3v) is 6.08. The minimum atomic E-state index is 0.0620. The highest BCUT2D eigenvalue weighted by molar-refractivity contribution is 7.08. The van der Waals surface area contributed by atoms with E-state index in [1.165, 1.54) is 11.1 Å². The zero-order chi connectivity index (χ0) is 19.2. The number of nitrogens with zero attached hydrogens (tertiary/aromatic N) is 3. The second-order valence-electron chi connectivity index (χ2n) is 7.39. The average Bonchev–Trinajstić information content (AvgIpc) is 3.43. The largest absolute Gasteiger partial charge is 0.353 e. The molecule has 6 heteroatoms. The van der Waals surface area contributed by atoms with Gasteiger partial charge in [-0.25, -0.2) is 0 Å². The number of rotatable bonds is 7. The molecule has 0 radical (unpaired) electrons. The molecule has 4 heterocycles. The lowest BCUT2D eigenvalue weighted by atomic mass is 10.0. The molecule has 4 rings (SSSR count). The number of carbonyl (C=O) groups is 1. The highest BCUT2D eigenvalue weighted by atomic mass is 32.1. The van der Waals surface area contributed by atoms with Crippen LogP contribution in [0.15, 0.2) is 65.9 Å². The van der Waals surface area contributed by atoms with Crippen LogP contribution in [0.2, 0.25) is 0 Å². The number of piperidine rings is 1. The first-order valence-electron chi connectivity index (χ1n) is 9.83. The summed E-state index contributed by atoms with van der Waals surface area (Å²) in [4.78, 5) is 19.4. The van der Waals surface area contributed by atoms with E-state index in [4.69, 9.17) is 0 Å². The summed E-state index contributed by atoms with van der Waals surface area (Å²) in [5.74, 6) is 0.135. The van der Waals surface area contributed by atoms with Gasteiger partial charge in [0.1, 0.15) is 0 Å². The number of thiophene rings is 1. The molecule has 3 aromatic heterocycles. The molecule has 28 heavy (non-hydrogen) atoms. The molecule has 5 nitrogen and oxygen atoms in total. The van der Waals surface area contributed by atoms with E-state index < -0.39 is 0 Å². The summed E-state index contributed by atoms with van der Waals surface area (Å²) in [6, 6.07) is 10.6. The maximum atomic E-state index is 12.7. The van der Waals surface area contributed by atoms with Gasteiger partial charge >= 0.3 is 0 Å². The Morgan fingerprint density at radius 1 is 1.21 bits per heavy atom. The standard InChI is InChI=1S/C22H26N4OS/c27-22(14-21(19-7-13-28-17-19)26-9-1-2-10-26)24-20-5-11-25(12-6-20)16-18-4-3-8-23-15-18/h1-4,7-10,13,15,17,20-21H,5-6,11-12,14,16H2,(H,24,27). The van der Waals surface area contributed by atoms with Gasteiger partial charge in [0.2, 0.25) is 5.91 Å². The maximum absolute atomic E-state index is 12.7. The maximum Gasteiger partial charge on any atom is 0.222 e. The van der Waals surface area contributed by atoms with Crippen LogP contribution in [-0.4, -0.2) is 39.5 Å². The van der Waals surface area contributed by atoms with E-state index in [-0.39, 0.29) is 18.0 Å². The zero-order valence-electron chi connectivity index (χ0n) is 15.9. The van der Waals surface area contributed by atoms with Crippen LogP contribution in [0.4, 0.5) is 0 Å². The minimum absolute atomic E-state index is 0.0620. The van der Waals surface area contributed by atoms with Gasteiger partial charge in [0.05, 0.1) is 12.5 Å². The molecule has 3 aromatic rings. The van der Waals surface area contributed by atoms with Crippen LogP contribution >= 0.6 is 11.3 Å². The van der Waals surface area contributed by atoms with Crippen molar-refractivity contribution in [2.45, 2.75) is 37.9 Å². The fourth-order valence-corrected chi connectivity index (χ4v) is 4.57. The summed E-state index contributed by atoms with van der Waals surface area (Å²) < 4.78 is 2.12. The van der Waals surface area contributed by atoms with Crippen LogP contribution < -0.4 is 5.32 Å². The molecule has 1 amide bonds. The van der Waals surface area contributed by atoms with Gasteiger partial charge in [0.25, 0.3) is 0 Å². The molecule has 1 fully saturated rings. The molecule has 0 aliphatic carbocycles. The number of amides is 1. The van der Waals surface area contributed by atoms with E-state index in [1.807, 2.05) is 43.0 Å². The van der Waals surface area contributed by atoms with Crippen molar-refractivity contribution in [1.82, 2.24) is 19.8 Å². The normalized spacial score (nSPS) is 16.7. The lowest BCUT2D eigenvalue weighted by Gasteiger charge is -2.32. The Kier molecular flexibility index (Phi) is 6.19. The van der Waals surface area contributed by atoms with Crippen LogP contribution in [0.5, 0.6) is 0 Å². The number of aromatic nitrogens is 2. The fourth-order valence-electron chi connectivity index (χ4n) is 3.86. The minimum Gasteiger partial charge on any atom is -0.353 e. The molecule has 1 atom stereocenters. The van der Waals surface area contributed by atoms with Gasteiger partial charge in [0.15, 0.2) is 0 Å². The second-order valence-corrected chi connectivity index (χ2v) is 8.17. The van der Waals surface area contributed by atoms with Gasteiger partial charge in [-0.1, -0.05) is 6.07 Å².